The van der Waals surface area contributed by atoms with Gasteiger partial charge in [-0.3, -0.25) is 5.41 Å². The molecule has 8 heteroatoms. The SMILES string of the molecule is C=C(/C=C\c1sc2nnc(C#CC)cc2c1C)[C@]1(C)CS(=O)(=O)C(C)(C)C(=N)N1. The van der Waals surface area contributed by atoms with Crippen LogP contribution in [-0.4, -0.2) is 40.5 Å². The maximum atomic E-state index is 12.7. The number of nitrogens with zero attached hydrogens (tertiary/aromatic N) is 2. The minimum absolute atomic E-state index is 0.0151. The second kappa shape index (κ2) is 7.08. The number of hydrogen-bond donors (Lipinski definition) is 2. The number of rotatable bonds is 3. The first-order valence-corrected chi connectivity index (χ1v) is 11.5. The number of thiophene rings is 1. The highest BCUT2D eigenvalue weighted by Gasteiger charge is 2.50. The molecule has 2 aromatic rings. The highest BCUT2D eigenvalue weighted by atomic mass is 32.2. The first kappa shape index (κ1) is 21.2. The van der Waals surface area contributed by atoms with Crippen molar-refractivity contribution in [2.75, 3.05) is 5.75 Å². The number of sulfone groups is 1. The first-order chi connectivity index (χ1) is 13.4. The van der Waals surface area contributed by atoms with Crippen molar-refractivity contribution in [2.24, 2.45) is 0 Å². The summed E-state index contributed by atoms with van der Waals surface area (Å²) in [6, 6.07) is 1.93. The second-order valence-electron chi connectivity index (χ2n) is 7.87. The van der Waals surface area contributed by atoms with Gasteiger partial charge in [0.05, 0.1) is 11.3 Å². The Morgan fingerprint density at radius 2 is 2.07 bits per heavy atom. The van der Waals surface area contributed by atoms with Crippen molar-refractivity contribution in [1.82, 2.24) is 15.5 Å². The van der Waals surface area contributed by atoms with E-state index in [1.165, 1.54) is 11.3 Å². The largest absolute Gasteiger partial charge is 0.362 e. The number of aryl methyl sites for hydroxylation is 1. The van der Waals surface area contributed by atoms with Crippen molar-refractivity contribution in [3.05, 3.63) is 40.4 Å². The van der Waals surface area contributed by atoms with Crippen molar-refractivity contribution in [2.45, 2.75) is 44.9 Å². The van der Waals surface area contributed by atoms with E-state index in [-0.39, 0.29) is 11.6 Å². The number of amidine groups is 1. The predicted octanol–water partition coefficient (Wildman–Crippen LogP) is 3.47. The number of fused-ring (bicyclic) bond motifs is 1. The van der Waals surface area contributed by atoms with E-state index in [1.807, 2.05) is 25.1 Å². The molecule has 1 aliphatic rings. The van der Waals surface area contributed by atoms with Crippen molar-refractivity contribution in [3.8, 4) is 11.8 Å². The minimum atomic E-state index is -3.50. The van der Waals surface area contributed by atoms with Gasteiger partial charge < -0.3 is 5.32 Å². The second-order valence-corrected chi connectivity index (χ2v) is 11.4. The third-order valence-corrected chi connectivity index (χ3v) is 9.27. The molecule has 3 heterocycles. The number of nitrogens with one attached hydrogen (secondary N) is 2. The van der Waals surface area contributed by atoms with Crippen LogP contribution >= 0.6 is 11.3 Å². The van der Waals surface area contributed by atoms with Crippen LogP contribution in [0.4, 0.5) is 0 Å². The lowest BCUT2D eigenvalue weighted by molar-refractivity contribution is 0.488. The Hall–Kier alpha value is -2.50. The molecule has 1 atom stereocenters. The monoisotopic (exact) mass is 428 g/mol. The zero-order chi connectivity index (χ0) is 21.6. The molecule has 0 bridgehead atoms. The summed E-state index contributed by atoms with van der Waals surface area (Å²) in [7, 11) is -3.50. The molecule has 6 nitrogen and oxygen atoms in total. The summed E-state index contributed by atoms with van der Waals surface area (Å²) in [6.07, 6.45) is 3.73. The average Bonchev–Trinajstić information content (AvgIpc) is 2.94. The van der Waals surface area contributed by atoms with Crippen LogP contribution in [-0.2, 0) is 9.84 Å². The molecule has 1 fully saturated rings. The van der Waals surface area contributed by atoms with Crippen LogP contribution in [0.25, 0.3) is 16.3 Å². The van der Waals surface area contributed by atoms with Crippen molar-refractivity contribution < 1.29 is 8.42 Å². The Labute approximate surface area is 175 Å². The highest BCUT2D eigenvalue weighted by Crippen LogP contribution is 2.34. The van der Waals surface area contributed by atoms with Gasteiger partial charge in [-0.2, -0.15) is 0 Å². The van der Waals surface area contributed by atoms with E-state index in [2.05, 4.69) is 33.9 Å². The molecule has 2 N–H and O–H groups in total. The fourth-order valence-corrected chi connectivity index (χ4v) is 5.85. The van der Waals surface area contributed by atoms with Gasteiger partial charge in [-0.25, -0.2) is 8.42 Å². The zero-order valence-electron chi connectivity index (χ0n) is 17.2. The van der Waals surface area contributed by atoms with E-state index >= 15 is 0 Å². The van der Waals surface area contributed by atoms with Gasteiger partial charge >= 0.3 is 0 Å². The molecule has 152 valence electrons. The molecule has 0 amide bonds. The molecule has 0 aromatic carbocycles. The van der Waals surface area contributed by atoms with E-state index in [0.29, 0.717) is 11.3 Å². The fraction of sp³-hybridized carbons (Fsp3) is 0.381. The molecule has 0 radical (unpaired) electrons. The predicted molar refractivity (Wildman–Crippen MR) is 120 cm³/mol. The normalized spacial score (nSPS) is 22.9. The summed E-state index contributed by atoms with van der Waals surface area (Å²) in [5, 5.41) is 20.6. The lowest BCUT2D eigenvalue weighted by Crippen LogP contribution is -2.65. The number of aromatic nitrogens is 2. The Morgan fingerprint density at radius 1 is 1.38 bits per heavy atom. The summed E-state index contributed by atoms with van der Waals surface area (Å²) < 4.78 is 24.2. The maximum Gasteiger partial charge on any atom is 0.165 e. The van der Waals surface area contributed by atoms with E-state index < -0.39 is 20.1 Å². The van der Waals surface area contributed by atoms with Gasteiger partial charge in [0.2, 0.25) is 0 Å². The van der Waals surface area contributed by atoms with Crippen molar-refractivity contribution in [1.29, 1.82) is 5.41 Å². The first-order valence-electron chi connectivity index (χ1n) is 9.08. The minimum Gasteiger partial charge on any atom is -0.362 e. The van der Waals surface area contributed by atoms with Crippen LogP contribution in [0.2, 0.25) is 0 Å². The Bertz CT molecular complexity index is 1230. The Balaban J connectivity index is 1.92. The van der Waals surface area contributed by atoms with E-state index in [1.54, 1.807) is 27.7 Å². The molecule has 0 unspecified atom stereocenters. The zero-order valence-corrected chi connectivity index (χ0v) is 18.8. The third kappa shape index (κ3) is 3.61. The van der Waals surface area contributed by atoms with Crippen molar-refractivity contribution >= 4 is 43.3 Å². The van der Waals surface area contributed by atoms with Gasteiger partial charge in [0.1, 0.15) is 21.1 Å². The van der Waals surface area contributed by atoms with E-state index in [9.17, 15) is 8.42 Å². The Morgan fingerprint density at radius 3 is 2.69 bits per heavy atom. The lowest BCUT2D eigenvalue weighted by atomic mass is 9.92. The fourth-order valence-electron chi connectivity index (χ4n) is 3.10. The molecule has 3 rings (SSSR count). The van der Waals surface area contributed by atoms with Crippen LogP contribution in [0, 0.1) is 24.2 Å². The van der Waals surface area contributed by atoms with Crippen LogP contribution in [0.3, 0.4) is 0 Å². The summed E-state index contributed by atoms with van der Waals surface area (Å²) >= 11 is 1.51. The molecule has 1 aliphatic heterocycles. The number of hydrogen-bond acceptors (Lipinski definition) is 6. The third-order valence-electron chi connectivity index (χ3n) is 5.40. The van der Waals surface area contributed by atoms with Crippen LogP contribution < -0.4 is 5.32 Å². The smallest absolute Gasteiger partial charge is 0.165 e. The molecule has 0 aliphatic carbocycles. The van der Waals surface area contributed by atoms with Gasteiger partial charge in [0, 0.05) is 10.3 Å². The maximum absolute atomic E-state index is 12.7. The van der Waals surface area contributed by atoms with Crippen LogP contribution in [0.1, 0.15) is 43.8 Å². The average molecular weight is 429 g/mol. The topological polar surface area (TPSA) is 95.8 Å². The van der Waals surface area contributed by atoms with Gasteiger partial charge in [-0.05, 0) is 63.8 Å². The van der Waals surface area contributed by atoms with E-state index in [4.69, 9.17) is 5.41 Å². The highest BCUT2D eigenvalue weighted by molar-refractivity contribution is 7.93. The lowest BCUT2D eigenvalue weighted by Gasteiger charge is -2.43. The molecule has 2 aromatic heterocycles. The Kier molecular flexibility index (Phi) is 5.18. The molecule has 0 saturated carbocycles. The van der Waals surface area contributed by atoms with Crippen molar-refractivity contribution in [3.63, 3.8) is 0 Å². The van der Waals surface area contributed by atoms with Gasteiger partial charge in [-0.15, -0.1) is 21.5 Å². The molecular weight excluding hydrogens is 404 g/mol. The molecule has 0 spiro atoms. The summed E-state index contributed by atoms with van der Waals surface area (Å²) in [5.74, 6) is 5.61. The standard InChI is InChI=1S/C21H24N4O2S2/c1-7-8-15-11-16-14(3)17(28-18(16)25-24-15)10-9-13(2)21(6)12-29(26,27)20(4,5)19(22)23-21/h9-11H,2,12H2,1,3-6H3,(H2,22,23)/b10-9-/t21-/m0/s1. The van der Waals surface area contributed by atoms with Crippen LogP contribution in [0.5, 0.6) is 0 Å². The summed E-state index contributed by atoms with van der Waals surface area (Å²) in [4.78, 5) is 1.82. The van der Waals surface area contributed by atoms with Gasteiger partial charge in [-0.1, -0.05) is 18.6 Å². The molecule has 1 saturated heterocycles. The summed E-state index contributed by atoms with van der Waals surface area (Å²) in [5.41, 5.74) is 1.36. The summed E-state index contributed by atoms with van der Waals surface area (Å²) in [6.45, 7) is 12.7. The van der Waals surface area contributed by atoms with E-state index in [0.717, 1.165) is 20.7 Å². The van der Waals surface area contributed by atoms with Gasteiger partial charge in [0.15, 0.2) is 9.84 Å². The quantitative estimate of drug-likeness (QED) is 0.576. The van der Waals surface area contributed by atoms with Gasteiger partial charge in [0.25, 0.3) is 0 Å². The molecule has 29 heavy (non-hydrogen) atoms. The molecular formula is C21H24N4O2S2. The van der Waals surface area contributed by atoms with Crippen LogP contribution in [0.15, 0.2) is 24.3 Å².